The monoisotopic (exact) mass is 675 g/mol. The number of hydrogen-bond acceptors (Lipinski definition) is 6. The Bertz CT molecular complexity index is 1410. The van der Waals surface area contributed by atoms with Crippen molar-refractivity contribution in [3.05, 3.63) is 47.2 Å². The Kier molecular flexibility index (Phi) is 10.7. The number of anilines is 2. The number of rotatable bonds is 9. The minimum atomic E-state index is -4.97. The number of alkyl halides is 5. The Hall–Kier alpha value is -3.82. The second kappa shape index (κ2) is 14.5. The lowest BCUT2D eigenvalue weighted by Gasteiger charge is -2.28. The Labute approximate surface area is 266 Å². The van der Waals surface area contributed by atoms with Crippen molar-refractivity contribution in [2.75, 3.05) is 43.6 Å². The van der Waals surface area contributed by atoms with Crippen molar-refractivity contribution in [3.8, 4) is 5.75 Å². The SMILES string of the molecule is COc1cc(F)c([C@@H]2CN(c3nccc(NC4CCOCC4)c3C(F)(F)F)C(=O)C2CNC(=O)N[C@H]2CC[C@H](C(F)F)CC2)c(F)c1. The smallest absolute Gasteiger partial charge is 0.421 e. The molecular formula is C31H36F7N5O4. The van der Waals surface area contributed by atoms with Gasteiger partial charge in [0, 0.05) is 74.1 Å². The molecule has 2 saturated heterocycles. The number of nitrogens with one attached hydrogen (secondary N) is 3. The minimum absolute atomic E-state index is 0.145. The van der Waals surface area contributed by atoms with Crippen LogP contribution >= 0.6 is 0 Å². The maximum absolute atomic E-state index is 15.4. The molecule has 258 valence electrons. The van der Waals surface area contributed by atoms with Crippen LogP contribution < -0.4 is 25.6 Å². The van der Waals surface area contributed by atoms with Crippen LogP contribution in [0.1, 0.15) is 55.6 Å². The molecule has 0 bridgehead atoms. The molecule has 3 amide bonds. The molecule has 3 N–H and O–H groups in total. The lowest BCUT2D eigenvalue weighted by atomic mass is 9.86. The van der Waals surface area contributed by atoms with E-state index in [1.807, 2.05) is 0 Å². The summed E-state index contributed by atoms with van der Waals surface area (Å²) in [6.07, 6.45) is -4.34. The van der Waals surface area contributed by atoms with Crippen molar-refractivity contribution in [3.63, 3.8) is 0 Å². The maximum atomic E-state index is 15.4. The van der Waals surface area contributed by atoms with Crippen molar-refractivity contribution in [1.82, 2.24) is 15.6 Å². The topological polar surface area (TPSA) is 105 Å². The van der Waals surface area contributed by atoms with Crippen LogP contribution in [0.5, 0.6) is 5.75 Å². The molecule has 2 atom stereocenters. The molecule has 3 aliphatic rings. The number of aromatic nitrogens is 1. The minimum Gasteiger partial charge on any atom is -0.497 e. The number of benzene rings is 1. The van der Waals surface area contributed by atoms with Crippen LogP contribution in [-0.2, 0) is 15.7 Å². The van der Waals surface area contributed by atoms with Crippen molar-refractivity contribution in [2.45, 2.75) is 69.1 Å². The summed E-state index contributed by atoms with van der Waals surface area (Å²) in [4.78, 5) is 31.3. The van der Waals surface area contributed by atoms with Gasteiger partial charge in [-0.2, -0.15) is 13.2 Å². The number of hydrogen-bond donors (Lipinski definition) is 3. The van der Waals surface area contributed by atoms with Crippen LogP contribution in [0.2, 0.25) is 0 Å². The molecule has 47 heavy (non-hydrogen) atoms. The van der Waals surface area contributed by atoms with Crippen LogP contribution in [0, 0.1) is 23.5 Å². The number of ether oxygens (including phenoxy) is 2. The number of carbonyl (C=O) groups excluding carboxylic acids is 2. The average molecular weight is 676 g/mol. The van der Waals surface area contributed by atoms with Gasteiger partial charge in [-0.05, 0) is 44.6 Å². The van der Waals surface area contributed by atoms with Crippen LogP contribution in [0.15, 0.2) is 24.4 Å². The fourth-order valence-corrected chi connectivity index (χ4v) is 6.60. The van der Waals surface area contributed by atoms with Crippen LogP contribution in [0.3, 0.4) is 0 Å². The second-order valence-corrected chi connectivity index (χ2v) is 12.1. The van der Waals surface area contributed by atoms with Gasteiger partial charge < -0.3 is 25.4 Å². The maximum Gasteiger partial charge on any atom is 0.421 e. The van der Waals surface area contributed by atoms with E-state index in [2.05, 4.69) is 20.9 Å². The molecule has 1 aliphatic carbocycles. The number of carbonyl (C=O) groups is 2. The van der Waals surface area contributed by atoms with Gasteiger partial charge in [0.15, 0.2) is 0 Å². The van der Waals surface area contributed by atoms with E-state index in [4.69, 9.17) is 9.47 Å². The molecule has 5 rings (SSSR count). The molecule has 0 radical (unpaired) electrons. The fraction of sp³-hybridized carbons (Fsp3) is 0.581. The highest BCUT2D eigenvalue weighted by atomic mass is 19.4. The largest absolute Gasteiger partial charge is 0.497 e. The van der Waals surface area contributed by atoms with E-state index in [9.17, 15) is 31.5 Å². The van der Waals surface area contributed by atoms with Crippen LogP contribution in [-0.4, -0.2) is 68.8 Å². The molecule has 3 heterocycles. The quantitative estimate of drug-likeness (QED) is 0.289. The second-order valence-electron chi connectivity index (χ2n) is 12.1. The zero-order chi connectivity index (χ0) is 33.9. The lowest BCUT2D eigenvalue weighted by Crippen LogP contribution is -2.46. The summed E-state index contributed by atoms with van der Waals surface area (Å²) in [6.45, 7) is -0.325. The summed E-state index contributed by atoms with van der Waals surface area (Å²) in [5.74, 6) is -7.43. The van der Waals surface area contributed by atoms with E-state index < -0.39 is 90.0 Å². The van der Waals surface area contributed by atoms with Crippen molar-refractivity contribution < 1.29 is 49.8 Å². The third-order valence-electron chi connectivity index (χ3n) is 9.10. The van der Waals surface area contributed by atoms with Gasteiger partial charge >= 0.3 is 12.2 Å². The molecule has 2 aromatic rings. The Balaban J connectivity index is 1.42. The van der Waals surface area contributed by atoms with Gasteiger partial charge in [-0.3, -0.25) is 9.69 Å². The van der Waals surface area contributed by atoms with Gasteiger partial charge in [-0.1, -0.05) is 0 Å². The first kappa shape index (κ1) is 34.5. The normalized spacial score (nSPS) is 24.0. The van der Waals surface area contributed by atoms with E-state index >= 15 is 8.78 Å². The van der Waals surface area contributed by atoms with Gasteiger partial charge in [0.1, 0.15) is 28.8 Å². The molecule has 0 spiro atoms. The Morgan fingerprint density at radius 1 is 1.06 bits per heavy atom. The molecule has 3 fully saturated rings. The Morgan fingerprint density at radius 2 is 1.72 bits per heavy atom. The van der Waals surface area contributed by atoms with E-state index in [-0.39, 0.29) is 30.3 Å². The molecule has 9 nitrogen and oxygen atoms in total. The summed E-state index contributed by atoms with van der Waals surface area (Å²) >= 11 is 0. The van der Waals surface area contributed by atoms with Gasteiger partial charge in [-0.25, -0.2) is 27.3 Å². The van der Waals surface area contributed by atoms with E-state index in [0.29, 0.717) is 38.9 Å². The highest BCUT2D eigenvalue weighted by Crippen LogP contribution is 2.45. The standard InChI is InChI=1S/C31H36F7N5O4/c1-46-19-12-22(32)25(23(33)13-19)21-15-43(28-26(31(36,37)38)24(6-9-39-28)41-18-7-10-47-11-8-18)29(44)20(21)14-40-30(45)42-17-4-2-16(3-5-17)27(34)35/h6,9,12-13,16-18,20-21,27H,2-5,7-8,10-11,14-15H2,1H3,(H,39,41)(H2,40,42,45)/t16-,17-,20?,21-/m1/s1. The average Bonchev–Trinajstić information content (AvgIpc) is 3.34. The number of amides is 3. The summed E-state index contributed by atoms with van der Waals surface area (Å²) < 4.78 is 111. The third kappa shape index (κ3) is 7.84. The third-order valence-corrected chi connectivity index (χ3v) is 9.10. The predicted octanol–water partition coefficient (Wildman–Crippen LogP) is 5.85. The van der Waals surface area contributed by atoms with Crippen molar-refractivity contribution in [2.24, 2.45) is 11.8 Å². The van der Waals surface area contributed by atoms with E-state index in [1.165, 1.54) is 7.11 Å². The molecule has 1 aromatic heterocycles. The summed E-state index contributed by atoms with van der Waals surface area (Å²) in [7, 11) is 1.20. The summed E-state index contributed by atoms with van der Waals surface area (Å²) in [5, 5.41) is 8.05. The van der Waals surface area contributed by atoms with E-state index in [0.717, 1.165) is 29.3 Å². The van der Waals surface area contributed by atoms with Gasteiger partial charge in [-0.15, -0.1) is 0 Å². The number of halogens is 7. The van der Waals surface area contributed by atoms with E-state index in [1.54, 1.807) is 0 Å². The number of methoxy groups -OCH3 is 1. The van der Waals surface area contributed by atoms with Gasteiger partial charge in [0.2, 0.25) is 12.3 Å². The first-order chi connectivity index (χ1) is 22.4. The zero-order valence-electron chi connectivity index (χ0n) is 25.5. The highest BCUT2D eigenvalue weighted by Gasteiger charge is 2.48. The highest BCUT2D eigenvalue weighted by molar-refractivity contribution is 5.99. The Morgan fingerprint density at radius 3 is 2.32 bits per heavy atom. The van der Waals surface area contributed by atoms with Crippen LogP contribution in [0.25, 0.3) is 0 Å². The molecule has 16 heteroatoms. The number of pyridine rings is 1. The fourth-order valence-electron chi connectivity index (χ4n) is 6.60. The molecule has 1 aromatic carbocycles. The number of urea groups is 1. The first-order valence-electron chi connectivity index (χ1n) is 15.4. The van der Waals surface area contributed by atoms with Crippen molar-refractivity contribution >= 4 is 23.4 Å². The lowest BCUT2D eigenvalue weighted by molar-refractivity contribution is -0.136. The molecule has 2 aliphatic heterocycles. The van der Waals surface area contributed by atoms with Crippen molar-refractivity contribution in [1.29, 1.82) is 0 Å². The van der Waals surface area contributed by atoms with Gasteiger partial charge in [0.05, 0.1) is 18.7 Å². The zero-order valence-corrected chi connectivity index (χ0v) is 25.5. The van der Waals surface area contributed by atoms with Crippen LogP contribution in [0.4, 0.5) is 47.0 Å². The molecule has 1 saturated carbocycles. The molecule has 1 unspecified atom stereocenters. The van der Waals surface area contributed by atoms with Gasteiger partial charge in [0.25, 0.3) is 0 Å². The predicted molar refractivity (Wildman–Crippen MR) is 156 cm³/mol. The summed E-state index contributed by atoms with van der Waals surface area (Å²) in [5.41, 5.74) is -2.06. The first-order valence-corrected chi connectivity index (χ1v) is 15.4. The molecular weight excluding hydrogens is 639 g/mol. The number of nitrogens with zero attached hydrogens (tertiary/aromatic N) is 2. The summed E-state index contributed by atoms with van der Waals surface area (Å²) in [6, 6.07) is 1.47.